The summed E-state index contributed by atoms with van der Waals surface area (Å²) in [4.78, 5) is 12.4. The van der Waals surface area contributed by atoms with Crippen LogP contribution in [0.5, 0.6) is 0 Å². The zero-order valence-corrected chi connectivity index (χ0v) is 16.3. The SMILES string of the molecule is CNC1CCN(CCCCN[C-]=O)CC1.[W].[W]. The van der Waals surface area contributed by atoms with Crippen molar-refractivity contribution in [2.45, 2.75) is 31.7 Å². The first-order valence-electron chi connectivity index (χ1n) is 5.86. The quantitative estimate of drug-likeness (QED) is 0.256. The third kappa shape index (κ3) is 9.36. The second-order valence-electron chi connectivity index (χ2n) is 4.14. The molecule has 1 heterocycles. The number of nitrogens with zero attached hydrogens (tertiary/aromatic N) is 1. The van der Waals surface area contributed by atoms with Crippen molar-refractivity contribution in [1.29, 1.82) is 0 Å². The molecular weight excluding hydrogens is 558 g/mol. The summed E-state index contributed by atoms with van der Waals surface area (Å²) in [5.41, 5.74) is 0. The van der Waals surface area contributed by atoms with Crippen molar-refractivity contribution >= 4 is 6.41 Å². The Hall–Kier alpha value is 0.767. The van der Waals surface area contributed by atoms with E-state index in [-0.39, 0.29) is 42.1 Å². The van der Waals surface area contributed by atoms with E-state index in [0.29, 0.717) is 6.04 Å². The third-order valence-electron chi connectivity index (χ3n) is 3.09. The maximum absolute atomic E-state index is 9.89. The summed E-state index contributed by atoms with van der Waals surface area (Å²) in [6, 6.07) is 0.715. The van der Waals surface area contributed by atoms with Crippen LogP contribution in [0.3, 0.4) is 0 Å². The molecule has 0 aromatic carbocycles. The van der Waals surface area contributed by atoms with Crippen molar-refractivity contribution in [2.24, 2.45) is 0 Å². The van der Waals surface area contributed by atoms with Gasteiger partial charge in [-0.05, 0) is 58.9 Å². The van der Waals surface area contributed by atoms with Crippen LogP contribution in [0, 0.1) is 0 Å². The smallest absolute Gasteiger partial charge is 0.00884 e. The normalized spacial score (nSPS) is 16.8. The van der Waals surface area contributed by atoms with Gasteiger partial charge in [-0.1, -0.05) is 0 Å². The molecule has 1 aliphatic rings. The number of carbonyl (C=O) groups excluding carboxylic acids is 1. The minimum atomic E-state index is 0. The largest absolute Gasteiger partial charge is 0.530 e. The van der Waals surface area contributed by atoms with Gasteiger partial charge in [-0.15, -0.1) is 0 Å². The number of piperidine rings is 1. The van der Waals surface area contributed by atoms with Crippen LogP contribution in [-0.2, 0) is 46.9 Å². The van der Waals surface area contributed by atoms with Crippen LogP contribution in [0.4, 0.5) is 0 Å². The molecule has 0 saturated carbocycles. The van der Waals surface area contributed by atoms with Gasteiger partial charge >= 0.3 is 0 Å². The molecule has 1 saturated heterocycles. The summed E-state index contributed by atoms with van der Waals surface area (Å²) in [5, 5.41) is 5.90. The van der Waals surface area contributed by atoms with Gasteiger partial charge in [-0.25, -0.2) is 0 Å². The van der Waals surface area contributed by atoms with Crippen LogP contribution >= 0.6 is 0 Å². The Balaban J connectivity index is 0. The van der Waals surface area contributed by atoms with E-state index < -0.39 is 0 Å². The Morgan fingerprint density at radius 2 is 1.88 bits per heavy atom. The number of nitrogens with one attached hydrogen (secondary N) is 2. The summed E-state index contributed by atoms with van der Waals surface area (Å²) in [6.07, 6.45) is 6.44. The molecule has 0 aromatic heterocycles. The Morgan fingerprint density at radius 3 is 2.41 bits per heavy atom. The van der Waals surface area contributed by atoms with E-state index in [2.05, 4.69) is 15.5 Å². The molecule has 0 unspecified atom stereocenters. The standard InChI is InChI=1S/C11H22N3O.2W/c1-12-11-4-8-14(9-5-11)7-3-2-6-13-10-15;;/h11-12H,2-9H2,1H3,(H,13,15);;/q-1;;. The van der Waals surface area contributed by atoms with E-state index in [1.54, 1.807) is 6.41 Å². The van der Waals surface area contributed by atoms with Gasteiger partial charge in [0.25, 0.3) is 0 Å². The van der Waals surface area contributed by atoms with Crippen LogP contribution in [0.2, 0.25) is 0 Å². The molecule has 4 nitrogen and oxygen atoms in total. The topological polar surface area (TPSA) is 44.4 Å². The fraction of sp³-hybridized carbons (Fsp3) is 0.909. The molecule has 0 spiro atoms. The monoisotopic (exact) mass is 580 g/mol. The average molecular weight is 580 g/mol. The Kier molecular flexibility index (Phi) is 15.6. The van der Waals surface area contributed by atoms with E-state index in [1.165, 1.54) is 32.4 Å². The first-order valence-corrected chi connectivity index (χ1v) is 5.86. The van der Waals surface area contributed by atoms with Gasteiger partial charge in [0.15, 0.2) is 0 Å². The molecule has 0 atom stereocenters. The maximum atomic E-state index is 9.89. The number of rotatable bonds is 7. The van der Waals surface area contributed by atoms with E-state index in [4.69, 9.17) is 0 Å². The number of hydrogen-bond donors (Lipinski definition) is 2. The molecule has 0 bridgehead atoms. The molecule has 100 valence electrons. The van der Waals surface area contributed by atoms with Crippen LogP contribution < -0.4 is 10.6 Å². The molecule has 17 heavy (non-hydrogen) atoms. The number of unbranched alkanes of at least 4 members (excludes halogenated alkanes) is 1. The summed E-state index contributed by atoms with van der Waals surface area (Å²) in [6.45, 7) is 4.34. The predicted octanol–water partition coefficient (Wildman–Crippen LogP) is 0.102. The van der Waals surface area contributed by atoms with Crippen molar-refractivity contribution in [1.82, 2.24) is 15.5 Å². The molecule has 0 aliphatic carbocycles. The molecule has 2 N–H and O–H groups in total. The van der Waals surface area contributed by atoms with Gasteiger partial charge in [0.2, 0.25) is 0 Å². The molecular formula is C11H22N3OW2-. The fourth-order valence-electron chi connectivity index (χ4n) is 2.05. The summed E-state index contributed by atoms with van der Waals surface area (Å²) < 4.78 is 0. The zero-order valence-electron chi connectivity index (χ0n) is 10.4. The maximum Gasteiger partial charge on any atom is 0.00884 e. The van der Waals surface area contributed by atoms with E-state index in [0.717, 1.165) is 19.5 Å². The molecule has 0 aromatic rings. The Bertz CT molecular complexity index is 176. The minimum absolute atomic E-state index is 0. The van der Waals surface area contributed by atoms with Crippen molar-refractivity contribution in [3.8, 4) is 0 Å². The van der Waals surface area contributed by atoms with Crippen molar-refractivity contribution in [3.05, 3.63) is 0 Å². The molecule has 0 radical (unpaired) electrons. The molecule has 1 rings (SSSR count). The summed E-state index contributed by atoms with van der Waals surface area (Å²) >= 11 is 0. The third-order valence-corrected chi connectivity index (χ3v) is 3.09. The van der Waals surface area contributed by atoms with E-state index in [1.807, 2.05) is 7.05 Å². The number of hydrogen-bond acceptors (Lipinski definition) is 3. The van der Waals surface area contributed by atoms with E-state index >= 15 is 0 Å². The van der Waals surface area contributed by atoms with Crippen LogP contribution in [0.25, 0.3) is 0 Å². The van der Waals surface area contributed by atoms with Crippen LogP contribution in [-0.4, -0.2) is 50.6 Å². The van der Waals surface area contributed by atoms with Gasteiger partial charge in [-0.2, -0.15) is 6.41 Å². The van der Waals surface area contributed by atoms with Gasteiger partial charge in [-0.3, -0.25) is 0 Å². The number of amides is 1. The van der Waals surface area contributed by atoms with Crippen molar-refractivity contribution < 1.29 is 46.9 Å². The molecule has 1 amide bonds. The Morgan fingerprint density at radius 1 is 1.24 bits per heavy atom. The van der Waals surface area contributed by atoms with Crippen molar-refractivity contribution in [2.75, 3.05) is 33.2 Å². The first kappa shape index (κ1) is 20.1. The van der Waals surface area contributed by atoms with Gasteiger partial charge < -0.3 is 20.3 Å². The van der Waals surface area contributed by atoms with Crippen LogP contribution in [0.15, 0.2) is 0 Å². The summed E-state index contributed by atoms with van der Waals surface area (Å²) in [7, 11) is 2.04. The van der Waals surface area contributed by atoms with E-state index in [9.17, 15) is 4.79 Å². The molecule has 6 heteroatoms. The fourth-order valence-corrected chi connectivity index (χ4v) is 2.05. The second-order valence-corrected chi connectivity index (χ2v) is 4.14. The summed E-state index contributed by atoms with van der Waals surface area (Å²) in [5.74, 6) is 0. The number of likely N-dealkylation sites (tertiary alicyclic amines) is 1. The zero-order chi connectivity index (χ0) is 10.9. The second kappa shape index (κ2) is 13.2. The Labute approximate surface area is 133 Å². The van der Waals surface area contributed by atoms with Gasteiger partial charge in [0.1, 0.15) is 0 Å². The average Bonchev–Trinajstić information content (AvgIpc) is 2.30. The first-order chi connectivity index (χ1) is 7.36. The van der Waals surface area contributed by atoms with Gasteiger partial charge in [0.05, 0.1) is 0 Å². The molecule has 1 fully saturated rings. The van der Waals surface area contributed by atoms with Crippen LogP contribution in [0.1, 0.15) is 25.7 Å². The molecule has 1 aliphatic heterocycles. The van der Waals surface area contributed by atoms with Gasteiger partial charge in [0, 0.05) is 48.2 Å². The minimum Gasteiger partial charge on any atom is -0.530 e. The van der Waals surface area contributed by atoms with Crippen molar-refractivity contribution in [3.63, 3.8) is 0 Å². The predicted molar refractivity (Wildman–Crippen MR) is 61.5 cm³/mol.